The van der Waals surface area contributed by atoms with Crippen molar-refractivity contribution in [2.75, 3.05) is 18.4 Å². The van der Waals surface area contributed by atoms with Crippen molar-refractivity contribution in [1.82, 2.24) is 5.32 Å². The van der Waals surface area contributed by atoms with Crippen LogP contribution in [0.2, 0.25) is 0 Å². The zero-order chi connectivity index (χ0) is 13.8. The quantitative estimate of drug-likeness (QED) is 0.905. The molecule has 0 amide bonds. The van der Waals surface area contributed by atoms with Crippen LogP contribution in [0.4, 0.5) is 5.69 Å². The predicted octanol–water partition coefficient (Wildman–Crippen LogP) is 3.52. The van der Waals surface area contributed by atoms with E-state index in [1.165, 1.54) is 15.4 Å². The van der Waals surface area contributed by atoms with Crippen molar-refractivity contribution >= 4 is 23.4 Å². The number of benzene rings is 2. The average Bonchev–Trinajstić information content (AvgIpc) is 2.96. The van der Waals surface area contributed by atoms with Crippen LogP contribution in [0.1, 0.15) is 5.56 Å². The molecule has 2 N–H and O–H groups in total. The van der Waals surface area contributed by atoms with Crippen molar-refractivity contribution in [3.63, 3.8) is 0 Å². The molecule has 0 bridgehead atoms. The van der Waals surface area contributed by atoms with E-state index < -0.39 is 0 Å². The van der Waals surface area contributed by atoms with Gasteiger partial charge in [-0.3, -0.25) is 4.99 Å². The molecule has 1 aliphatic rings. The highest BCUT2D eigenvalue weighted by Crippen LogP contribution is 2.30. The fourth-order valence-corrected chi connectivity index (χ4v) is 3.01. The lowest BCUT2D eigenvalue weighted by Crippen LogP contribution is -2.26. The van der Waals surface area contributed by atoms with E-state index in [-0.39, 0.29) is 0 Å². The maximum Gasteiger partial charge on any atom is 0.195 e. The third-order valence-electron chi connectivity index (χ3n) is 3.10. The second kappa shape index (κ2) is 6.01. The summed E-state index contributed by atoms with van der Waals surface area (Å²) in [5.74, 6) is 0.872. The van der Waals surface area contributed by atoms with Gasteiger partial charge in [0.1, 0.15) is 0 Å². The molecule has 0 aliphatic carbocycles. The van der Waals surface area contributed by atoms with Crippen LogP contribution < -0.4 is 10.6 Å². The maximum absolute atomic E-state index is 4.35. The van der Waals surface area contributed by atoms with E-state index in [0.717, 1.165) is 24.7 Å². The Morgan fingerprint density at radius 2 is 1.95 bits per heavy atom. The van der Waals surface area contributed by atoms with Crippen LogP contribution in [0.5, 0.6) is 0 Å². The van der Waals surface area contributed by atoms with E-state index in [9.17, 15) is 0 Å². The molecule has 1 heterocycles. The Hall–Kier alpha value is -1.94. The minimum Gasteiger partial charge on any atom is -0.354 e. The minimum atomic E-state index is 0.851. The number of guanidine groups is 1. The van der Waals surface area contributed by atoms with Gasteiger partial charge in [0, 0.05) is 22.0 Å². The van der Waals surface area contributed by atoms with Crippen molar-refractivity contribution in [3.05, 3.63) is 54.1 Å². The van der Waals surface area contributed by atoms with Crippen molar-refractivity contribution in [1.29, 1.82) is 0 Å². The van der Waals surface area contributed by atoms with Crippen molar-refractivity contribution < 1.29 is 0 Å². The molecule has 0 atom stereocenters. The largest absolute Gasteiger partial charge is 0.354 e. The third kappa shape index (κ3) is 3.14. The van der Waals surface area contributed by atoms with Crippen molar-refractivity contribution in [3.8, 4) is 0 Å². The molecule has 1 aliphatic heterocycles. The first-order chi connectivity index (χ1) is 9.81. The van der Waals surface area contributed by atoms with Gasteiger partial charge in [-0.05, 0) is 42.8 Å². The zero-order valence-electron chi connectivity index (χ0n) is 11.4. The lowest BCUT2D eigenvalue weighted by molar-refractivity contribution is 0.959. The molecule has 3 rings (SSSR count). The summed E-state index contributed by atoms with van der Waals surface area (Å²) in [6.45, 7) is 3.89. The van der Waals surface area contributed by atoms with E-state index in [1.54, 1.807) is 11.8 Å². The van der Waals surface area contributed by atoms with Crippen LogP contribution in [0.25, 0.3) is 0 Å². The van der Waals surface area contributed by atoms with E-state index in [0.29, 0.717) is 0 Å². The molecule has 0 fully saturated rings. The number of nitrogens with zero attached hydrogens (tertiary/aromatic N) is 1. The standard InChI is InChI=1S/C16H17N3S/c1-12-11-14(20-13-5-3-2-4-6-13)7-8-15(12)19-16-17-9-10-18-16/h2-8,11H,9-10H2,1H3,(H2,17,18,19). The fraction of sp³-hybridized carbons (Fsp3) is 0.188. The Kier molecular flexibility index (Phi) is 3.92. The molecule has 2 aromatic carbocycles. The van der Waals surface area contributed by atoms with Crippen LogP contribution in [-0.2, 0) is 0 Å². The first kappa shape index (κ1) is 13.1. The lowest BCUT2D eigenvalue weighted by atomic mass is 10.2. The molecule has 4 heteroatoms. The van der Waals surface area contributed by atoms with Crippen LogP contribution in [0, 0.1) is 6.92 Å². The van der Waals surface area contributed by atoms with E-state index in [1.807, 2.05) is 6.07 Å². The highest BCUT2D eigenvalue weighted by atomic mass is 32.2. The second-order valence-electron chi connectivity index (χ2n) is 4.67. The van der Waals surface area contributed by atoms with Gasteiger partial charge >= 0.3 is 0 Å². The van der Waals surface area contributed by atoms with Crippen molar-refractivity contribution in [2.45, 2.75) is 16.7 Å². The summed E-state index contributed by atoms with van der Waals surface area (Å²) in [5, 5.41) is 6.55. The van der Waals surface area contributed by atoms with Gasteiger partial charge in [0.25, 0.3) is 0 Å². The molecule has 0 spiro atoms. The van der Waals surface area contributed by atoms with Crippen molar-refractivity contribution in [2.24, 2.45) is 4.99 Å². The number of hydrogen-bond donors (Lipinski definition) is 2. The summed E-state index contributed by atoms with van der Waals surface area (Å²) in [6, 6.07) is 16.9. The highest BCUT2D eigenvalue weighted by molar-refractivity contribution is 7.99. The maximum atomic E-state index is 4.35. The van der Waals surface area contributed by atoms with E-state index >= 15 is 0 Å². The molecule has 20 heavy (non-hydrogen) atoms. The van der Waals surface area contributed by atoms with E-state index in [4.69, 9.17) is 0 Å². The molecular weight excluding hydrogens is 266 g/mol. The molecule has 102 valence electrons. The molecule has 2 aromatic rings. The summed E-state index contributed by atoms with van der Waals surface area (Å²) in [6.07, 6.45) is 0. The van der Waals surface area contributed by atoms with Gasteiger partial charge in [0.15, 0.2) is 5.96 Å². The number of hydrogen-bond acceptors (Lipinski definition) is 4. The van der Waals surface area contributed by atoms with Crippen LogP contribution in [0.15, 0.2) is 63.3 Å². The summed E-state index contributed by atoms with van der Waals surface area (Å²) < 4.78 is 0. The topological polar surface area (TPSA) is 36.4 Å². The molecule has 3 nitrogen and oxygen atoms in total. The van der Waals surface area contributed by atoms with Gasteiger partial charge < -0.3 is 10.6 Å². The number of aryl methyl sites for hydroxylation is 1. The van der Waals surface area contributed by atoms with Crippen LogP contribution in [-0.4, -0.2) is 19.0 Å². The summed E-state index contributed by atoms with van der Waals surface area (Å²) in [4.78, 5) is 6.86. The van der Waals surface area contributed by atoms with Gasteiger partial charge in [-0.1, -0.05) is 30.0 Å². The van der Waals surface area contributed by atoms with E-state index in [2.05, 4.69) is 65.0 Å². The summed E-state index contributed by atoms with van der Waals surface area (Å²) in [5.41, 5.74) is 2.33. The number of anilines is 1. The predicted molar refractivity (Wildman–Crippen MR) is 85.7 cm³/mol. The second-order valence-corrected chi connectivity index (χ2v) is 5.82. The van der Waals surface area contributed by atoms with Gasteiger partial charge in [0.05, 0.1) is 6.54 Å². The summed E-state index contributed by atoms with van der Waals surface area (Å²) in [7, 11) is 0. The normalized spacial score (nSPS) is 13.8. The molecule has 0 saturated carbocycles. The summed E-state index contributed by atoms with van der Waals surface area (Å²) >= 11 is 1.78. The number of rotatable bonds is 3. The molecular formula is C16H17N3S. The lowest BCUT2D eigenvalue weighted by Gasteiger charge is -2.11. The monoisotopic (exact) mass is 283 g/mol. The molecule has 0 saturated heterocycles. The zero-order valence-corrected chi connectivity index (χ0v) is 12.2. The Bertz CT molecular complexity index is 623. The number of aliphatic imine (C=N–C) groups is 1. The van der Waals surface area contributed by atoms with Crippen LogP contribution in [0.3, 0.4) is 0 Å². The average molecular weight is 283 g/mol. The first-order valence-corrected chi connectivity index (χ1v) is 7.52. The van der Waals surface area contributed by atoms with Crippen LogP contribution >= 0.6 is 11.8 Å². The van der Waals surface area contributed by atoms with Gasteiger partial charge in [0.2, 0.25) is 0 Å². The molecule has 0 radical (unpaired) electrons. The highest BCUT2D eigenvalue weighted by Gasteiger charge is 2.07. The number of nitrogens with one attached hydrogen (secondary N) is 2. The Labute approximate surface area is 123 Å². The third-order valence-corrected chi connectivity index (χ3v) is 4.10. The van der Waals surface area contributed by atoms with Gasteiger partial charge in [-0.25, -0.2) is 0 Å². The first-order valence-electron chi connectivity index (χ1n) is 6.70. The van der Waals surface area contributed by atoms with Gasteiger partial charge in [-0.2, -0.15) is 0 Å². The Balaban J connectivity index is 1.73. The SMILES string of the molecule is Cc1cc(Sc2ccccc2)ccc1NC1=NCCN1. The Morgan fingerprint density at radius 3 is 2.65 bits per heavy atom. The minimum absolute atomic E-state index is 0.851. The Morgan fingerprint density at radius 1 is 1.10 bits per heavy atom. The molecule has 0 aromatic heterocycles. The molecule has 0 unspecified atom stereocenters. The smallest absolute Gasteiger partial charge is 0.195 e. The fourth-order valence-electron chi connectivity index (χ4n) is 2.07. The van der Waals surface area contributed by atoms with Gasteiger partial charge in [-0.15, -0.1) is 0 Å².